The number of carboxylic acid groups (broad SMARTS) is 1. The molecule has 1 atom stereocenters. The molecule has 0 radical (unpaired) electrons. The Balaban J connectivity index is 1.71. The van der Waals surface area contributed by atoms with Crippen LogP contribution in [-0.2, 0) is 16.0 Å². The van der Waals surface area contributed by atoms with Gasteiger partial charge in [-0.2, -0.15) is 0 Å². The number of aryl methyl sites for hydroxylation is 2. The second-order valence-electron chi connectivity index (χ2n) is 7.71. The van der Waals surface area contributed by atoms with Crippen LogP contribution in [0.25, 0.3) is 0 Å². The van der Waals surface area contributed by atoms with E-state index in [0.29, 0.717) is 13.0 Å². The second kappa shape index (κ2) is 7.21. The number of aliphatic carboxylic acids is 1. The van der Waals surface area contributed by atoms with Gasteiger partial charge < -0.3 is 14.9 Å². The van der Waals surface area contributed by atoms with Crippen LogP contribution in [-0.4, -0.2) is 57.5 Å². The Morgan fingerprint density at radius 3 is 2.54 bits per heavy atom. The monoisotopic (exact) mass is 360 g/mol. The van der Waals surface area contributed by atoms with Crippen LogP contribution in [0, 0.1) is 12.3 Å². The van der Waals surface area contributed by atoms with Gasteiger partial charge in [-0.15, -0.1) is 0 Å². The third-order valence-electron chi connectivity index (χ3n) is 5.73. The van der Waals surface area contributed by atoms with E-state index in [2.05, 4.69) is 27.9 Å². The number of amides is 1. The Morgan fingerprint density at radius 1 is 1.31 bits per heavy atom. The van der Waals surface area contributed by atoms with Gasteiger partial charge in [0.05, 0.1) is 0 Å². The predicted octanol–water partition coefficient (Wildman–Crippen LogP) is 2.03. The van der Waals surface area contributed by atoms with Gasteiger partial charge in [-0.25, -0.2) is 14.8 Å². The minimum absolute atomic E-state index is 0.0838. The molecule has 26 heavy (non-hydrogen) atoms. The molecule has 3 heterocycles. The van der Waals surface area contributed by atoms with Crippen LogP contribution < -0.4 is 4.90 Å². The van der Waals surface area contributed by atoms with Crippen LogP contribution in [0.2, 0.25) is 0 Å². The molecule has 2 aliphatic heterocycles. The van der Waals surface area contributed by atoms with Gasteiger partial charge in [0.15, 0.2) is 0 Å². The maximum atomic E-state index is 11.8. The number of piperidine rings is 1. The van der Waals surface area contributed by atoms with Crippen molar-refractivity contribution in [2.75, 3.05) is 24.5 Å². The zero-order valence-electron chi connectivity index (χ0n) is 15.9. The van der Waals surface area contributed by atoms with Crippen LogP contribution in [0.3, 0.4) is 0 Å². The Hall–Kier alpha value is -2.18. The first-order valence-corrected chi connectivity index (χ1v) is 9.43. The van der Waals surface area contributed by atoms with Gasteiger partial charge in [-0.05, 0) is 38.0 Å². The molecule has 7 nitrogen and oxygen atoms in total. The van der Waals surface area contributed by atoms with Crippen LogP contribution >= 0.6 is 0 Å². The number of anilines is 1. The number of rotatable bonds is 4. The zero-order valence-corrected chi connectivity index (χ0v) is 15.9. The number of likely N-dealkylation sites (tertiary alicyclic amines) is 1. The lowest BCUT2D eigenvalue weighted by Crippen LogP contribution is -2.42. The molecule has 142 valence electrons. The summed E-state index contributed by atoms with van der Waals surface area (Å²) in [5.74, 6) is 0.718. The van der Waals surface area contributed by atoms with Gasteiger partial charge in [0.1, 0.15) is 17.7 Å². The van der Waals surface area contributed by atoms with Crippen molar-refractivity contribution in [3.63, 3.8) is 0 Å². The molecule has 0 unspecified atom stereocenters. The normalized spacial score (nSPS) is 22.0. The van der Waals surface area contributed by atoms with Gasteiger partial charge in [-0.1, -0.05) is 13.3 Å². The molecule has 0 bridgehead atoms. The van der Waals surface area contributed by atoms with E-state index in [9.17, 15) is 14.7 Å². The SMILES string of the molecule is CCCc1cc(N2CCC3(CC2)C[C@H](C(=O)O)N(C(C)=O)C3)nc(C)n1. The van der Waals surface area contributed by atoms with Gasteiger partial charge >= 0.3 is 5.97 Å². The van der Waals surface area contributed by atoms with E-state index in [0.717, 1.165) is 56.1 Å². The van der Waals surface area contributed by atoms with Crippen molar-refractivity contribution in [3.8, 4) is 0 Å². The predicted molar refractivity (Wildman–Crippen MR) is 98.1 cm³/mol. The molecule has 0 aromatic carbocycles. The van der Waals surface area contributed by atoms with Gasteiger partial charge in [0.25, 0.3) is 0 Å². The highest BCUT2D eigenvalue weighted by molar-refractivity contribution is 5.83. The molecule has 0 saturated carbocycles. The molecule has 7 heteroatoms. The standard InChI is InChI=1S/C19H28N4O3/c1-4-5-15-10-17(21-13(2)20-15)22-8-6-19(7-9-22)11-16(18(25)26)23(12-19)14(3)24/h10,16H,4-9,11-12H2,1-3H3,(H,25,26)/t16-/m1/s1. The number of carbonyl (C=O) groups is 2. The van der Waals surface area contributed by atoms with E-state index in [1.165, 1.54) is 11.8 Å². The lowest BCUT2D eigenvalue weighted by Gasteiger charge is -2.39. The molecule has 0 aliphatic carbocycles. The van der Waals surface area contributed by atoms with E-state index in [-0.39, 0.29) is 11.3 Å². The third kappa shape index (κ3) is 3.66. The third-order valence-corrected chi connectivity index (χ3v) is 5.73. The fraction of sp³-hybridized carbons (Fsp3) is 0.684. The number of hydrogen-bond donors (Lipinski definition) is 1. The maximum Gasteiger partial charge on any atom is 0.326 e. The summed E-state index contributed by atoms with van der Waals surface area (Å²) >= 11 is 0. The summed E-state index contributed by atoms with van der Waals surface area (Å²) in [4.78, 5) is 36.3. The van der Waals surface area contributed by atoms with E-state index >= 15 is 0 Å². The van der Waals surface area contributed by atoms with Gasteiger partial charge in [-0.3, -0.25) is 4.79 Å². The molecular weight excluding hydrogens is 332 g/mol. The first-order chi connectivity index (χ1) is 12.3. The molecule has 1 spiro atoms. The largest absolute Gasteiger partial charge is 0.480 e. The molecule has 1 amide bonds. The summed E-state index contributed by atoms with van der Waals surface area (Å²) < 4.78 is 0. The van der Waals surface area contributed by atoms with Gasteiger partial charge in [0, 0.05) is 38.3 Å². The Labute approximate surface area is 154 Å². The maximum absolute atomic E-state index is 11.8. The van der Waals surface area contributed by atoms with Crippen molar-refractivity contribution >= 4 is 17.7 Å². The Kier molecular flexibility index (Phi) is 5.16. The Morgan fingerprint density at radius 2 is 2.00 bits per heavy atom. The highest BCUT2D eigenvalue weighted by atomic mass is 16.4. The lowest BCUT2D eigenvalue weighted by atomic mass is 9.76. The first kappa shape index (κ1) is 18.6. The number of carboxylic acids is 1. The summed E-state index contributed by atoms with van der Waals surface area (Å²) in [5, 5.41) is 9.47. The van der Waals surface area contributed by atoms with Crippen LogP contribution in [0.1, 0.15) is 51.0 Å². The Bertz CT molecular complexity index is 674. The number of nitrogens with zero attached hydrogens (tertiary/aromatic N) is 4. The van der Waals surface area contributed by atoms with E-state index in [4.69, 9.17) is 0 Å². The molecule has 3 rings (SSSR count). The summed E-state index contributed by atoms with van der Waals surface area (Å²) in [6, 6.07) is 1.39. The smallest absolute Gasteiger partial charge is 0.326 e. The van der Waals surface area contributed by atoms with Crippen molar-refractivity contribution in [1.29, 1.82) is 0 Å². The molecule has 2 saturated heterocycles. The van der Waals surface area contributed by atoms with E-state index < -0.39 is 12.0 Å². The van der Waals surface area contributed by atoms with E-state index in [1.54, 1.807) is 0 Å². The number of carbonyl (C=O) groups excluding carboxylic acids is 1. The molecule has 1 aromatic heterocycles. The topological polar surface area (TPSA) is 86.6 Å². The average molecular weight is 360 g/mol. The first-order valence-electron chi connectivity index (χ1n) is 9.43. The zero-order chi connectivity index (χ0) is 18.9. The van der Waals surface area contributed by atoms with E-state index in [1.807, 2.05) is 6.92 Å². The minimum atomic E-state index is -0.893. The average Bonchev–Trinajstić information content (AvgIpc) is 2.95. The van der Waals surface area contributed by atoms with Crippen LogP contribution in [0.5, 0.6) is 0 Å². The van der Waals surface area contributed by atoms with Gasteiger partial charge in [0.2, 0.25) is 5.91 Å². The quantitative estimate of drug-likeness (QED) is 0.884. The van der Waals surface area contributed by atoms with Crippen LogP contribution in [0.15, 0.2) is 6.07 Å². The lowest BCUT2D eigenvalue weighted by molar-refractivity contribution is -0.147. The molecule has 2 aliphatic rings. The summed E-state index contributed by atoms with van der Waals surface area (Å²) in [6.07, 6.45) is 4.32. The summed E-state index contributed by atoms with van der Waals surface area (Å²) in [7, 11) is 0. The fourth-order valence-corrected chi connectivity index (χ4v) is 4.34. The second-order valence-corrected chi connectivity index (χ2v) is 7.71. The molecule has 1 N–H and O–H groups in total. The molecule has 1 aromatic rings. The molecule has 2 fully saturated rings. The van der Waals surface area contributed by atoms with Crippen molar-refractivity contribution in [1.82, 2.24) is 14.9 Å². The minimum Gasteiger partial charge on any atom is -0.480 e. The highest BCUT2D eigenvalue weighted by Crippen LogP contribution is 2.44. The van der Waals surface area contributed by atoms with Crippen molar-refractivity contribution in [2.45, 2.75) is 58.9 Å². The van der Waals surface area contributed by atoms with Crippen molar-refractivity contribution in [3.05, 3.63) is 17.6 Å². The van der Waals surface area contributed by atoms with Crippen LogP contribution in [0.4, 0.5) is 5.82 Å². The number of hydrogen-bond acceptors (Lipinski definition) is 5. The number of aromatic nitrogens is 2. The molecular formula is C19H28N4O3. The summed E-state index contributed by atoms with van der Waals surface area (Å²) in [5.41, 5.74) is 0.990. The highest BCUT2D eigenvalue weighted by Gasteiger charge is 2.49. The fourth-order valence-electron chi connectivity index (χ4n) is 4.34. The summed E-state index contributed by atoms with van der Waals surface area (Å²) in [6.45, 7) is 7.75. The van der Waals surface area contributed by atoms with Crippen molar-refractivity contribution < 1.29 is 14.7 Å². The van der Waals surface area contributed by atoms with Crippen molar-refractivity contribution in [2.24, 2.45) is 5.41 Å².